The van der Waals surface area contributed by atoms with E-state index in [1.165, 1.54) is 7.11 Å². The van der Waals surface area contributed by atoms with Crippen LogP contribution in [0.1, 0.15) is 36.3 Å². The van der Waals surface area contributed by atoms with Crippen LogP contribution < -0.4 is 11.1 Å². The second-order valence-electron chi connectivity index (χ2n) is 8.08. The highest BCUT2D eigenvalue weighted by molar-refractivity contribution is 5.99. The molecule has 0 unspecified atom stereocenters. The Labute approximate surface area is 194 Å². The van der Waals surface area contributed by atoms with E-state index in [1.807, 2.05) is 48.5 Å². The molecule has 1 atom stereocenters. The molecular weight excluding hydrogens is 418 g/mol. The van der Waals surface area contributed by atoms with Crippen LogP contribution in [0.4, 0.5) is 4.79 Å². The van der Waals surface area contributed by atoms with Gasteiger partial charge in [0.05, 0.1) is 13.7 Å². The minimum Gasteiger partial charge on any atom is -0.452 e. The van der Waals surface area contributed by atoms with E-state index in [-0.39, 0.29) is 13.0 Å². The SMILES string of the molecule is C=CCNCC(=O)N(C(=O)OC)[C@](C=O)(CCCCN)C1c2ccccc2-c2ccccc21. The molecule has 7 nitrogen and oxygen atoms in total. The lowest BCUT2D eigenvalue weighted by Gasteiger charge is -2.42. The maximum Gasteiger partial charge on any atom is 0.417 e. The molecule has 0 saturated carbocycles. The fraction of sp³-hybridized carbons (Fsp3) is 0.346. The van der Waals surface area contributed by atoms with Crippen LogP contribution in [0.25, 0.3) is 11.1 Å². The van der Waals surface area contributed by atoms with Gasteiger partial charge >= 0.3 is 6.09 Å². The van der Waals surface area contributed by atoms with Crippen molar-refractivity contribution in [1.29, 1.82) is 0 Å². The Bertz CT molecular complexity index is 977. The Morgan fingerprint density at radius 1 is 1.12 bits per heavy atom. The quantitative estimate of drug-likeness (QED) is 0.310. The van der Waals surface area contributed by atoms with Crippen molar-refractivity contribution in [3.8, 4) is 11.1 Å². The molecule has 0 fully saturated rings. The number of benzene rings is 2. The first-order valence-corrected chi connectivity index (χ1v) is 11.1. The molecule has 33 heavy (non-hydrogen) atoms. The van der Waals surface area contributed by atoms with E-state index in [0.717, 1.165) is 33.4 Å². The van der Waals surface area contributed by atoms with Gasteiger partial charge in [0.1, 0.15) is 11.8 Å². The highest BCUT2D eigenvalue weighted by atomic mass is 16.5. The van der Waals surface area contributed by atoms with Crippen LogP contribution in [0, 0.1) is 0 Å². The molecule has 0 heterocycles. The fourth-order valence-electron chi connectivity index (χ4n) is 4.77. The number of ether oxygens (including phenoxy) is 1. The molecule has 1 aliphatic carbocycles. The summed E-state index contributed by atoms with van der Waals surface area (Å²) in [6.07, 6.45) is 2.99. The summed E-state index contributed by atoms with van der Waals surface area (Å²) in [5, 5.41) is 2.93. The van der Waals surface area contributed by atoms with Crippen molar-refractivity contribution in [1.82, 2.24) is 10.2 Å². The summed E-state index contributed by atoms with van der Waals surface area (Å²) in [6.45, 7) is 4.33. The normalized spacial score (nSPS) is 14.0. The number of carbonyl (C=O) groups excluding carboxylic acids is 3. The zero-order chi connectivity index (χ0) is 23.8. The first-order valence-electron chi connectivity index (χ1n) is 11.1. The zero-order valence-electron chi connectivity index (χ0n) is 19.0. The van der Waals surface area contributed by atoms with Gasteiger partial charge in [0.25, 0.3) is 0 Å². The van der Waals surface area contributed by atoms with Crippen molar-refractivity contribution >= 4 is 18.3 Å². The lowest BCUT2D eigenvalue weighted by molar-refractivity contribution is -0.139. The van der Waals surface area contributed by atoms with Gasteiger partial charge < -0.3 is 20.6 Å². The highest BCUT2D eigenvalue weighted by Gasteiger charge is 2.53. The number of carbonyl (C=O) groups is 3. The molecule has 174 valence electrons. The third kappa shape index (κ3) is 4.60. The number of methoxy groups -OCH3 is 1. The average molecular weight is 450 g/mol. The Hall–Kier alpha value is -3.29. The van der Waals surface area contributed by atoms with Gasteiger partial charge in [-0.2, -0.15) is 0 Å². The maximum atomic E-state index is 13.4. The predicted molar refractivity (Wildman–Crippen MR) is 128 cm³/mol. The molecule has 0 aromatic heterocycles. The molecule has 7 heteroatoms. The first-order chi connectivity index (χ1) is 16.1. The Balaban J connectivity index is 2.21. The van der Waals surface area contributed by atoms with E-state index in [0.29, 0.717) is 25.9 Å². The number of rotatable bonds is 11. The van der Waals surface area contributed by atoms with E-state index in [2.05, 4.69) is 11.9 Å². The van der Waals surface area contributed by atoms with Crippen LogP contribution in [0.15, 0.2) is 61.2 Å². The van der Waals surface area contributed by atoms with Gasteiger partial charge in [-0.15, -0.1) is 6.58 Å². The van der Waals surface area contributed by atoms with E-state index >= 15 is 0 Å². The number of hydrogen-bond acceptors (Lipinski definition) is 6. The summed E-state index contributed by atoms with van der Waals surface area (Å²) in [5.41, 5.74) is 8.04. The van der Waals surface area contributed by atoms with Crippen molar-refractivity contribution in [3.63, 3.8) is 0 Å². The average Bonchev–Trinajstić information content (AvgIpc) is 3.18. The number of nitrogens with one attached hydrogen (secondary N) is 1. The molecule has 0 radical (unpaired) electrons. The topological polar surface area (TPSA) is 102 Å². The van der Waals surface area contributed by atoms with Crippen LogP contribution in [-0.4, -0.2) is 55.5 Å². The zero-order valence-corrected chi connectivity index (χ0v) is 19.0. The van der Waals surface area contributed by atoms with Crippen LogP contribution >= 0.6 is 0 Å². The summed E-state index contributed by atoms with van der Waals surface area (Å²) in [4.78, 5) is 40.5. The van der Waals surface area contributed by atoms with E-state index in [9.17, 15) is 14.4 Å². The second-order valence-corrected chi connectivity index (χ2v) is 8.08. The minimum atomic E-state index is -1.47. The van der Waals surface area contributed by atoms with Crippen LogP contribution in [0.3, 0.4) is 0 Å². The van der Waals surface area contributed by atoms with Gasteiger partial charge in [-0.3, -0.25) is 4.79 Å². The van der Waals surface area contributed by atoms with Crippen LogP contribution in [0.2, 0.25) is 0 Å². The molecule has 2 amide bonds. The summed E-state index contributed by atoms with van der Waals surface area (Å²) in [7, 11) is 1.21. The number of aldehydes is 1. The van der Waals surface area contributed by atoms with Gasteiger partial charge in [0.2, 0.25) is 5.91 Å². The van der Waals surface area contributed by atoms with Crippen molar-refractivity contribution in [3.05, 3.63) is 72.3 Å². The first kappa shape index (κ1) is 24.4. The van der Waals surface area contributed by atoms with Gasteiger partial charge in [-0.05, 0) is 48.1 Å². The largest absolute Gasteiger partial charge is 0.452 e. The minimum absolute atomic E-state index is 0.135. The second kappa shape index (κ2) is 11.0. The van der Waals surface area contributed by atoms with Gasteiger partial charge in [-0.25, -0.2) is 9.69 Å². The molecule has 3 rings (SSSR count). The van der Waals surface area contributed by atoms with Crippen molar-refractivity contribution in [2.45, 2.75) is 30.7 Å². The molecule has 3 N–H and O–H groups in total. The lowest BCUT2D eigenvalue weighted by atomic mass is 9.74. The lowest BCUT2D eigenvalue weighted by Crippen LogP contribution is -2.60. The number of unbranched alkanes of at least 4 members (excludes halogenated alkanes) is 1. The fourth-order valence-corrected chi connectivity index (χ4v) is 4.77. The van der Waals surface area contributed by atoms with E-state index in [4.69, 9.17) is 10.5 Å². The van der Waals surface area contributed by atoms with Gasteiger partial charge in [0.15, 0.2) is 0 Å². The summed E-state index contributed by atoms with van der Waals surface area (Å²) in [5.74, 6) is -1.06. The summed E-state index contributed by atoms with van der Waals surface area (Å²) >= 11 is 0. The molecule has 2 aromatic carbocycles. The number of nitrogens with two attached hydrogens (primary N) is 1. The Morgan fingerprint density at radius 2 is 1.73 bits per heavy atom. The third-order valence-electron chi connectivity index (χ3n) is 6.16. The van der Waals surface area contributed by atoms with Crippen molar-refractivity contribution < 1.29 is 19.1 Å². The molecule has 2 aromatic rings. The molecule has 1 aliphatic rings. The molecular formula is C26H31N3O4. The summed E-state index contributed by atoms with van der Waals surface area (Å²) < 4.78 is 5.02. The smallest absolute Gasteiger partial charge is 0.417 e. The molecule has 0 saturated heterocycles. The number of imide groups is 1. The van der Waals surface area contributed by atoms with Crippen molar-refractivity contribution in [2.75, 3.05) is 26.7 Å². The maximum absolute atomic E-state index is 13.4. The van der Waals surface area contributed by atoms with Crippen molar-refractivity contribution in [2.24, 2.45) is 5.73 Å². The predicted octanol–water partition coefficient (Wildman–Crippen LogP) is 3.24. The summed E-state index contributed by atoms with van der Waals surface area (Å²) in [6, 6.07) is 15.6. The standard InChI is InChI=1S/C26H31N3O4/c1-3-16-28-17-23(31)29(25(32)33-2)26(18-30,14-8-9-15-27)24-21-12-6-4-10-19(21)20-11-5-7-13-22(20)24/h3-7,10-13,18,24,28H,1,8-9,14-17,27H2,2H3/t26-/m0/s1. The number of hydrogen-bond donors (Lipinski definition) is 2. The number of amides is 2. The van der Waals surface area contributed by atoms with E-state index < -0.39 is 23.5 Å². The van der Waals surface area contributed by atoms with Crippen LogP contribution in [0.5, 0.6) is 0 Å². The number of fused-ring (bicyclic) bond motifs is 3. The number of nitrogens with zero attached hydrogens (tertiary/aromatic N) is 1. The highest BCUT2D eigenvalue weighted by Crippen LogP contribution is 2.52. The molecule has 0 aliphatic heterocycles. The van der Waals surface area contributed by atoms with Gasteiger partial charge in [0, 0.05) is 12.5 Å². The van der Waals surface area contributed by atoms with E-state index in [1.54, 1.807) is 6.08 Å². The van der Waals surface area contributed by atoms with Crippen LogP contribution in [-0.2, 0) is 14.3 Å². The van der Waals surface area contributed by atoms with Gasteiger partial charge in [-0.1, -0.05) is 54.6 Å². The monoisotopic (exact) mass is 449 g/mol. The third-order valence-corrected chi connectivity index (χ3v) is 6.16. The Morgan fingerprint density at radius 3 is 2.24 bits per heavy atom. The molecule has 0 bridgehead atoms. The Kier molecular flexibility index (Phi) is 8.14. The molecule has 0 spiro atoms.